The number of piperidine rings is 1. The summed E-state index contributed by atoms with van der Waals surface area (Å²) in [7, 11) is 1.46. The van der Waals surface area contributed by atoms with E-state index in [1.165, 1.54) is 20.0 Å². The van der Waals surface area contributed by atoms with Crippen LogP contribution >= 0.6 is 0 Å². The van der Waals surface area contributed by atoms with Crippen LogP contribution in [0.2, 0.25) is 0 Å². The second kappa shape index (κ2) is 8.26. The lowest BCUT2D eigenvalue weighted by Crippen LogP contribution is -2.41. The molecule has 114 valence electrons. The summed E-state index contributed by atoms with van der Waals surface area (Å²) in [6, 6.07) is 2.69. The van der Waals surface area contributed by atoms with E-state index in [0.29, 0.717) is 12.5 Å². The summed E-state index contributed by atoms with van der Waals surface area (Å²) in [6.45, 7) is 6.11. The van der Waals surface area contributed by atoms with E-state index in [4.69, 9.17) is 10.00 Å². The molecule has 0 saturated carbocycles. The largest absolute Gasteiger partial charge is 0.469 e. The summed E-state index contributed by atoms with van der Waals surface area (Å²) in [6.07, 6.45) is 7.16. The van der Waals surface area contributed by atoms with E-state index >= 15 is 0 Å². The minimum atomic E-state index is -0.215. The highest BCUT2D eigenvalue weighted by atomic mass is 16.5. The van der Waals surface area contributed by atoms with Crippen LogP contribution in [0.1, 0.15) is 58.8 Å². The molecule has 0 amide bonds. The quantitative estimate of drug-likeness (QED) is 0.531. The third kappa shape index (κ3) is 5.92. The molecule has 0 aliphatic carbocycles. The highest BCUT2D eigenvalue weighted by Crippen LogP contribution is 2.24. The van der Waals surface area contributed by atoms with Crippen molar-refractivity contribution in [3.63, 3.8) is 0 Å². The van der Waals surface area contributed by atoms with Gasteiger partial charge in [0, 0.05) is 6.04 Å². The van der Waals surface area contributed by atoms with Gasteiger partial charge in [-0.25, -0.2) is 0 Å². The molecule has 0 aromatic rings. The van der Waals surface area contributed by atoms with Gasteiger partial charge >= 0.3 is 5.97 Å². The van der Waals surface area contributed by atoms with Crippen molar-refractivity contribution in [3.05, 3.63) is 0 Å². The second-order valence-corrected chi connectivity index (χ2v) is 6.42. The van der Waals surface area contributed by atoms with Crippen molar-refractivity contribution in [3.8, 4) is 6.07 Å². The van der Waals surface area contributed by atoms with Crippen LogP contribution < -0.4 is 0 Å². The lowest BCUT2D eigenvalue weighted by atomic mass is 9.89. The van der Waals surface area contributed by atoms with E-state index in [-0.39, 0.29) is 11.4 Å². The fourth-order valence-electron chi connectivity index (χ4n) is 2.80. The first kappa shape index (κ1) is 17.0. The molecule has 0 spiro atoms. The van der Waals surface area contributed by atoms with Crippen molar-refractivity contribution < 1.29 is 9.53 Å². The molecule has 1 saturated heterocycles. The summed E-state index contributed by atoms with van der Waals surface area (Å²) >= 11 is 0. The van der Waals surface area contributed by atoms with Gasteiger partial charge in [-0.3, -0.25) is 9.69 Å². The van der Waals surface area contributed by atoms with E-state index in [1.807, 2.05) is 13.8 Å². The van der Waals surface area contributed by atoms with Gasteiger partial charge in [-0.05, 0) is 52.6 Å². The van der Waals surface area contributed by atoms with Crippen molar-refractivity contribution in [1.82, 2.24) is 4.90 Å². The third-order valence-electron chi connectivity index (χ3n) is 4.18. The van der Waals surface area contributed by atoms with Crippen molar-refractivity contribution >= 4 is 5.97 Å². The number of hydrogen-bond donors (Lipinski definition) is 0. The van der Waals surface area contributed by atoms with Crippen LogP contribution in [0.3, 0.4) is 0 Å². The number of carbonyl (C=O) groups is 1. The van der Waals surface area contributed by atoms with E-state index < -0.39 is 0 Å². The van der Waals surface area contributed by atoms with Gasteiger partial charge in [-0.15, -0.1) is 0 Å². The van der Waals surface area contributed by atoms with Gasteiger partial charge in [-0.1, -0.05) is 12.8 Å². The Labute approximate surface area is 123 Å². The third-order valence-corrected chi connectivity index (χ3v) is 4.18. The summed E-state index contributed by atoms with van der Waals surface area (Å²) in [4.78, 5) is 13.9. The first-order chi connectivity index (χ1) is 9.48. The van der Waals surface area contributed by atoms with Crippen LogP contribution in [0.25, 0.3) is 0 Å². The molecular formula is C16H28N2O2. The topological polar surface area (TPSA) is 53.3 Å². The first-order valence-electron chi connectivity index (χ1n) is 7.70. The number of esters is 1. The normalized spacial score (nSPS) is 20.4. The van der Waals surface area contributed by atoms with Crippen LogP contribution in [-0.4, -0.2) is 37.1 Å². The van der Waals surface area contributed by atoms with Gasteiger partial charge in [0.25, 0.3) is 0 Å². The van der Waals surface area contributed by atoms with E-state index in [2.05, 4.69) is 11.0 Å². The number of unbranched alkanes of at least 4 members (excludes halogenated alkanes) is 1. The van der Waals surface area contributed by atoms with Crippen molar-refractivity contribution in [2.45, 2.75) is 64.8 Å². The van der Waals surface area contributed by atoms with E-state index in [9.17, 15) is 4.79 Å². The maximum Gasteiger partial charge on any atom is 0.307 e. The Hall–Kier alpha value is -1.08. The molecule has 20 heavy (non-hydrogen) atoms. The van der Waals surface area contributed by atoms with Crippen LogP contribution in [0.15, 0.2) is 0 Å². The number of rotatable bonds is 7. The van der Waals surface area contributed by atoms with E-state index in [0.717, 1.165) is 38.8 Å². The van der Waals surface area contributed by atoms with Crippen LogP contribution in [0.5, 0.6) is 0 Å². The molecule has 1 fully saturated rings. The minimum Gasteiger partial charge on any atom is -0.469 e. The summed E-state index contributed by atoms with van der Waals surface area (Å²) in [5, 5.41) is 9.00. The van der Waals surface area contributed by atoms with Crippen LogP contribution in [-0.2, 0) is 9.53 Å². The summed E-state index contributed by atoms with van der Waals surface area (Å²) in [5.41, 5.74) is -0.215. The molecule has 1 aliphatic heterocycles. The highest BCUT2D eigenvalue weighted by Gasteiger charge is 2.25. The Morgan fingerprint density at radius 3 is 2.80 bits per heavy atom. The average Bonchev–Trinajstić information content (AvgIpc) is 2.45. The molecule has 1 heterocycles. The number of likely N-dealkylation sites (tertiary alicyclic amines) is 1. The second-order valence-electron chi connectivity index (χ2n) is 6.42. The zero-order valence-electron chi connectivity index (χ0n) is 13.2. The molecule has 1 atom stereocenters. The predicted octanol–water partition coefficient (Wildman–Crippen LogP) is 3.12. The number of carbonyl (C=O) groups excluding carboxylic acids is 1. The molecule has 0 N–H and O–H groups in total. The Kier molecular flexibility index (Phi) is 7.01. The standard InChI is InChI=1S/C16H28N2O2/c1-16(2,13-17)9-5-7-11-18-10-6-4-8-14(18)12-15(19)20-3/h14H,4-12H2,1-3H3. The highest BCUT2D eigenvalue weighted by molar-refractivity contribution is 5.69. The van der Waals surface area contributed by atoms with E-state index in [1.54, 1.807) is 0 Å². The minimum absolute atomic E-state index is 0.104. The fraction of sp³-hybridized carbons (Fsp3) is 0.875. The first-order valence-corrected chi connectivity index (χ1v) is 7.70. The number of hydrogen-bond acceptors (Lipinski definition) is 4. The molecule has 4 nitrogen and oxygen atoms in total. The van der Waals surface area contributed by atoms with Crippen molar-refractivity contribution in [1.29, 1.82) is 5.26 Å². The Morgan fingerprint density at radius 2 is 2.15 bits per heavy atom. The molecule has 1 unspecified atom stereocenters. The summed E-state index contributed by atoms with van der Waals surface area (Å²) < 4.78 is 4.78. The SMILES string of the molecule is COC(=O)CC1CCCCN1CCCCC(C)(C)C#N. The van der Waals surface area contributed by atoms with Gasteiger partial charge in [0.2, 0.25) is 0 Å². The molecule has 1 rings (SSSR count). The van der Waals surface area contributed by atoms with Crippen LogP contribution in [0, 0.1) is 16.7 Å². The van der Waals surface area contributed by atoms with Crippen molar-refractivity contribution in [2.75, 3.05) is 20.2 Å². The number of methoxy groups -OCH3 is 1. The average molecular weight is 280 g/mol. The Morgan fingerprint density at radius 1 is 1.40 bits per heavy atom. The van der Waals surface area contributed by atoms with Gasteiger partial charge in [-0.2, -0.15) is 5.26 Å². The Balaban J connectivity index is 2.32. The van der Waals surface area contributed by atoms with Gasteiger partial charge in [0.05, 0.1) is 25.0 Å². The van der Waals surface area contributed by atoms with Crippen LogP contribution in [0.4, 0.5) is 0 Å². The maximum absolute atomic E-state index is 11.4. The maximum atomic E-state index is 11.4. The zero-order chi connectivity index (χ0) is 15.0. The van der Waals surface area contributed by atoms with Gasteiger partial charge in [0.15, 0.2) is 0 Å². The number of nitrogens with zero attached hydrogens (tertiary/aromatic N) is 2. The monoisotopic (exact) mass is 280 g/mol. The van der Waals surface area contributed by atoms with Gasteiger partial charge in [0.1, 0.15) is 0 Å². The molecule has 4 heteroatoms. The predicted molar refractivity (Wildman–Crippen MR) is 79.1 cm³/mol. The zero-order valence-corrected chi connectivity index (χ0v) is 13.2. The molecule has 0 aromatic carbocycles. The summed E-state index contributed by atoms with van der Waals surface area (Å²) in [5.74, 6) is -0.104. The molecule has 0 aromatic heterocycles. The molecule has 0 bridgehead atoms. The molecule has 0 radical (unpaired) electrons. The lowest BCUT2D eigenvalue weighted by molar-refractivity contribution is -0.142. The smallest absolute Gasteiger partial charge is 0.307 e. The van der Waals surface area contributed by atoms with Gasteiger partial charge < -0.3 is 4.74 Å². The molecular weight excluding hydrogens is 252 g/mol. The van der Waals surface area contributed by atoms with Crippen molar-refractivity contribution in [2.24, 2.45) is 5.41 Å². The number of nitriles is 1. The fourth-order valence-corrected chi connectivity index (χ4v) is 2.80. The number of ether oxygens (including phenoxy) is 1. The molecule has 1 aliphatic rings. The Bertz CT molecular complexity index is 347. The lowest BCUT2D eigenvalue weighted by Gasteiger charge is -2.35.